The van der Waals surface area contributed by atoms with E-state index in [2.05, 4.69) is 13.0 Å². The molecule has 11 heavy (non-hydrogen) atoms. The largest absolute Gasteiger partial charge is 0.330 e. The highest BCUT2D eigenvalue weighted by molar-refractivity contribution is 5.03. The van der Waals surface area contributed by atoms with Crippen molar-refractivity contribution in [3.05, 3.63) is 11.6 Å². The SMILES string of the molecule is C/C(=C\C1CCC1)CCCN. The van der Waals surface area contributed by atoms with Crippen LogP contribution >= 0.6 is 0 Å². The van der Waals surface area contributed by atoms with E-state index in [0.29, 0.717) is 0 Å². The minimum Gasteiger partial charge on any atom is -0.330 e. The van der Waals surface area contributed by atoms with Crippen molar-refractivity contribution >= 4 is 0 Å². The second-order valence-corrected chi connectivity index (χ2v) is 3.60. The topological polar surface area (TPSA) is 26.0 Å². The molecule has 0 saturated heterocycles. The van der Waals surface area contributed by atoms with E-state index in [1.807, 2.05) is 0 Å². The van der Waals surface area contributed by atoms with Gasteiger partial charge < -0.3 is 5.73 Å². The summed E-state index contributed by atoms with van der Waals surface area (Å²) in [5.41, 5.74) is 6.97. The number of hydrogen-bond acceptors (Lipinski definition) is 1. The first-order valence-electron chi connectivity index (χ1n) is 4.70. The van der Waals surface area contributed by atoms with Gasteiger partial charge >= 0.3 is 0 Å². The number of allylic oxidation sites excluding steroid dienone is 2. The quantitative estimate of drug-likeness (QED) is 0.617. The number of hydrogen-bond donors (Lipinski definition) is 1. The molecule has 0 radical (unpaired) electrons. The summed E-state index contributed by atoms with van der Waals surface area (Å²) >= 11 is 0. The molecule has 0 aromatic carbocycles. The van der Waals surface area contributed by atoms with E-state index < -0.39 is 0 Å². The van der Waals surface area contributed by atoms with Crippen LogP contribution in [-0.4, -0.2) is 6.54 Å². The molecule has 1 saturated carbocycles. The van der Waals surface area contributed by atoms with Gasteiger partial charge in [0.05, 0.1) is 0 Å². The Kier molecular flexibility index (Phi) is 3.64. The summed E-state index contributed by atoms with van der Waals surface area (Å²) in [7, 11) is 0. The lowest BCUT2D eigenvalue weighted by Crippen LogP contribution is -2.08. The van der Waals surface area contributed by atoms with E-state index in [9.17, 15) is 0 Å². The molecule has 1 aliphatic carbocycles. The summed E-state index contributed by atoms with van der Waals surface area (Å²) in [5, 5.41) is 0. The molecule has 1 nitrogen and oxygen atoms in total. The van der Waals surface area contributed by atoms with Crippen molar-refractivity contribution in [2.75, 3.05) is 6.54 Å². The first-order valence-corrected chi connectivity index (χ1v) is 4.70. The van der Waals surface area contributed by atoms with Crippen LogP contribution in [0.1, 0.15) is 39.0 Å². The fraction of sp³-hybridized carbons (Fsp3) is 0.800. The minimum absolute atomic E-state index is 0.829. The molecular formula is C10H19N. The maximum atomic E-state index is 5.43. The van der Waals surface area contributed by atoms with Gasteiger partial charge in [0.25, 0.3) is 0 Å². The van der Waals surface area contributed by atoms with Crippen molar-refractivity contribution < 1.29 is 0 Å². The van der Waals surface area contributed by atoms with Crippen LogP contribution in [0.5, 0.6) is 0 Å². The Hall–Kier alpha value is -0.300. The Morgan fingerprint density at radius 2 is 2.27 bits per heavy atom. The predicted molar refractivity (Wildman–Crippen MR) is 49.4 cm³/mol. The third-order valence-corrected chi connectivity index (χ3v) is 2.45. The zero-order chi connectivity index (χ0) is 8.10. The molecule has 0 atom stereocenters. The normalized spacial score (nSPS) is 20.0. The minimum atomic E-state index is 0.829. The van der Waals surface area contributed by atoms with Crippen molar-refractivity contribution in [2.45, 2.75) is 39.0 Å². The van der Waals surface area contributed by atoms with Crippen LogP contribution < -0.4 is 5.73 Å². The average molecular weight is 153 g/mol. The van der Waals surface area contributed by atoms with E-state index >= 15 is 0 Å². The van der Waals surface area contributed by atoms with Gasteiger partial charge in [-0.25, -0.2) is 0 Å². The molecule has 1 aliphatic rings. The third-order valence-electron chi connectivity index (χ3n) is 2.45. The van der Waals surface area contributed by atoms with Crippen LogP contribution in [0.15, 0.2) is 11.6 Å². The van der Waals surface area contributed by atoms with Crippen LogP contribution in [0.3, 0.4) is 0 Å². The summed E-state index contributed by atoms with van der Waals surface area (Å²) < 4.78 is 0. The average Bonchev–Trinajstić information content (AvgIpc) is 1.93. The maximum absolute atomic E-state index is 5.43. The molecule has 0 amide bonds. The van der Waals surface area contributed by atoms with Crippen molar-refractivity contribution in [3.8, 4) is 0 Å². The molecule has 1 rings (SSSR count). The van der Waals surface area contributed by atoms with Crippen molar-refractivity contribution in [1.29, 1.82) is 0 Å². The second kappa shape index (κ2) is 4.55. The van der Waals surface area contributed by atoms with Crippen molar-refractivity contribution in [1.82, 2.24) is 0 Å². The van der Waals surface area contributed by atoms with Crippen molar-refractivity contribution in [3.63, 3.8) is 0 Å². The van der Waals surface area contributed by atoms with Crippen LogP contribution in [0.25, 0.3) is 0 Å². The summed E-state index contributed by atoms with van der Waals surface area (Å²) in [6.45, 7) is 3.06. The molecule has 1 fully saturated rings. The highest BCUT2D eigenvalue weighted by Crippen LogP contribution is 2.28. The molecule has 2 N–H and O–H groups in total. The van der Waals surface area contributed by atoms with Crippen LogP contribution in [0.4, 0.5) is 0 Å². The van der Waals surface area contributed by atoms with Gasteiger partial charge in [-0.2, -0.15) is 0 Å². The van der Waals surface area contributed by atoms with Gasteiger partial charge in [-0.1, -0.05) is 18.1 Å². The van der Waals surface area contributed by atoms with E-state index in [4.69, 9.17) is 5.73 Å². The van der Waals surface area contributed by atoms with Crippen LogP contribution in [-0.2, 0) is 0 Å². The fourth-order valence-corrected chi connectivity index (χ4v) is 1.47. The molecule has 0 aromatic rings. The first kappa shape index (κ1) is 8.79. The van der Waals surface area contributed by atoms with E-state index in [1.54, 1.807) is 5.57 Å². The lowest BCUT2D eigenvalue weighted by atomic mass is 9.84. The fourth-order valence-electron chi connectivity index (χ4n) is 1.47. The highest BCUT2D eigenvalue weighted by Gasteiger charge is 2.14. The van der Waals surface area contributed by atoms with Gasteiger partial charge in [-0.05, 0) is 45.1 Å². The summed E-state index contributed by atoms with van der Waals surface area (Å²) in [5.74, 6) is 0.910. The molecule has 1 heteroatoms. The second-order valence-electron chi connectivity index (χ2n) is 3.60. The van der Waals surface area contributed by atoms with Gasteiger partial charge in [0.15, 0.2) is 0 Å². The summed E-state index contributed by atoms with van der Waals surface area (Å²) in [4.78, 5) is 0. The van der Waals surface area contributed by atoms with Gasteiger partial charge in [0.2, 0.25) is 0 Å². The Bertz CT molecular complexity index is 134. The number of rotatable bonds is 4. The van der Waals surface area contributed by atoms with Crippen LogP contribution in [0.2, 0.25) is 0 Å². The Balaban J connectivity index is 2.15. The number of nitrogens with two attached hydrogens (primary N) is 1. The Morgan fingerprint density at radius 1 is 1.55 bits per heavy atom. The third kappa shape index (κ3) is 3.06. The molecular weight excluding hydrogens is 134 g/mol. The highest BCUT2D eigenvalue weighted by atomic mass is 14.5. The zero-order valence-electron chi connectivity index (χ0n) is 7.47. The smallest absolute Gasteiger partial charge is 0.00742 e. The van der Waals surface area contributed by atoms with E-state index in [-0.39, 0.29) is 0 Å². The summed E-state index contributed by atoms with van der Waals surface area (Å²) in [6.07, 6.45) is 9.06. The molecule has 0 aromatic heterocycles. The standard InChI is InChI=1S/C10H19N/c1-9(4-3-7-11)8-10-5-2-6-10/h8,10H,2-7,11H2,1H3/b9-8+. The monoisotopic (exact) mass is 153 g/mol. The van der Waals surface area contributed by atoms with Crippen LogP contribution in [0, 0.1) is 5.92 Å². The predicted octanol–water partition coefficient (Wildman–Crippen LogP) is 2.47. The molecule has 0 spiro atoms. The lowest BCUT2D eigenvalue weighted by Gasteiger charge is -2.22. The van der Waals surface area contributed by atoms with Gasteiger partial charge in [-0.3, -0.25) is 0 Å². The van der Waals surface area contributed by atoms with E-state index in [1.165, 1.54) is 25.7 Å². The van der Waals surface area contributed by atoms with Crippen molar-refractivity contribution in [2.24, 2.45) is 11.7 Å². The van der Waals surface area contributed by atoms with Gasteiger partial charge in [0, 0.05) is 0 Å². The van der Waals surface area contributed by atoms with E-state index in [0.717, 1.165) is 18.9 Å². The Morgan fingerprint density at radius 3 is 2.73 bits per heavy atom. The maximum Gasteiger partial charge on any atom is -0.00742 e. The lowest BCUT2D eigenvalue weighted by molar-refractivity contribution is 0.385. The first-order chi connectivity index (χ1) is 5.33. The molecule has 64 valence electrons. The van der Waals surface area contributed by atoms with Gasteiger partial charge in [-0.15, -0.1) is 0 Å². The zero-order valence-corrected chi connectivity index (χ0v) is 7.47. The molecule has 0 heterocycles. The summed E-state index contributed by atoms with van der Waals surface area (Å²) in [6, 6.07) is 0. The Labute approximate surface area is 69.7 Å². The molecule has 0 bridgehead atoms. The van der Waals surface area contributed by atoms with Gasteiger partial charge in [0.1, 0.15) is 0 Å². The molecule has 0 aliphatic heterocycles. The molecule has 0 unspecified atom stereocenters.